The summed E-state index contributed by atoms with van der Waals surface area (Å²) in [7, 11) is 0. The molecule has 0 aromatic heterocycles. The highest BCUT2D eigenvalue weighted by molar-refractivity contribution is 5.80. The van der Waals surface area contributed by atoms with Crippen molar-refractivity contribution in [1.82, 2.24) is 5.32 Å². The number of amides is 1. The fourth-order valence-corrected chi connectivity index (χ4v) is 10.7. The van der Waals surface area contributed by atoms with Gasteiger partial charge in [-0.1, -0.05) is 295 Å². The van der Waals surface area contributed by atoms with Crippen molar-refractivity contribution in [2.45, 2.75) is 372 Å². The standard InChI is InChI=1S/C68H127NO10/c1-4-7-10-13-16-19-22-24-25-26-27-28-29-30-31-32-33-34-35-36-37-38-41-44-47-50-53-56-63(73)79-66-65(75)64(74)62(57-70)78-68(66)77-58-59(60(71)54-51-48-45-42-39-21-18-15-12-9-6-3)69-67(76)61(72)55-52-49-46-43-40-23-20-17-14-11-8-5-2/h16,19,24-25,51,54,59-62,64-66,68,70-72,74-75H,4-15,17-18,20-23,26-50,52-53,55-58H2,1-3H3,(H,69,76)/b19-16-,25-24-,54-51+. The Morgan fingerprint density at radius 3 is 1.32 bits per heavy atom. The third-order valence-electron chi connectivity index (χ3n) is 16.0. The first-order chi connectivity index (χ1) is 38.7. The van der Waals surface area contributed by atoms with Crippen LogP contribution in [0.4, 0.5) is 0 Å². The fraction of sp³-hybridized carbons (Fsp3) is 0.882. The van der Waals surface area contributed by atoms with Crippen molar-refractivity contribution in [2.75, 3.05) is 13.2 Å². The van der Waals surface area contributed by atoms with Crippen LogP contribution in [-0.2, 0) is 23.8 Å². The maximum absolute atomic E-state index is 13.4. The maximum Gasteiger partial charge on any atom is 0.306 e. The molecule has 11 heteroatoms. The van der Waals surface area contributed by atoms with Crippen LogP contribution in [0.5, 0.6) is 0 Å². The monoisotopic (exact) mass is 1120 g/mol. The quantitative estimate of drug-likeness (QED) is 0.0195. The van der Waals surface area contributed by atoms with Gasteiger partial charge in [0.2, 0.25) is 5.91 Å². The van der Waals surface area contributed by atoms with Crippen LogP contribution in [-0.4, -0.2) is 99.6 Å². The summed E-state index contributed by atoms with van der Waals surface area (Å²) in [6, 6.07) is -1.02. The number of ether oxygens (including phenoxy) is 3. The number of hydrogen-bond acceptors (Lipinski definition) is 10. The van der Waals surface area contributed by atoms with Crippen molar-refractivity contribution >= 4 is 11.9 Å². The Hall–Kier alpha value is -2.12. The molecule has 1 saturated heterocycles. The van der Waals surface area contributed by atoms with Gasteiger partial charge in [-0.05, 0) is 57.8 Å². The smallest absolute Gasteiger partial charge is 0.306 e. The highest BCUT2D eigenvalue weighted by Crippen LogP contribution is 2.26. The number of aliphatic hydroxyl groups excluding tert-OH is 5. The Morgan fingerprint density at radius 2 is 0.873 bits per heavy atom. The predicted octanol–water partition coefficient (Wildman–Crippen LogP) is 16.6. The Bertz CT molecular complexity index is 1420. The van der Waals surface area contributed by atoms with Gasteiger partial charge >= 0.3 is 5.97 Å². The van der Waals surface area contributed by atoms with Gasteiger partial charge in [-0.25, -0.2) is 0 Å². The number of aliphatic hydroxyl groups is 5. The predicted molar refractivity (Wildman–Crippen MR) is 329 cm³/mol. The molecule has 1 rings (SSSR count). The summed E-state index contributed by atoms with van der Waals surface area (Å²) in [5.41, 5.74) is 0. The van der Waals surface area contributed by atoms with E-state index in [4.69, 9.17) is 14.2 Å². The van der Waals surface area contributed by atoms with Crippen LogP contribution >= 0.6 is 0 Å². The number of esters is 1. The Kier molecular flexibility index (Phi) is 53.4. The summed E-state index contributed by atoms with van der Waals surface area (Å²) in [6.45, 7) is 5.78. The molecule has 0 bridgehead atoms. The molecule has 464 valence electrons. The third-order valence-corrected chi connectivity index (χ3v) is 16.0. The van der Waals surface area contributed by atoms with Crippen molar-refractivity contribution in [3.63, 3.8) is 0 Å². The first kappa shape index (κ1) is 74.9. The van der Waals surface area contributed by atoms with Gasteiger partial charge in [-0.3, -0.25) is 9.59 Å². The SMILES string of the molecule is CCCCC/C=C\C/C=C\CCCCCCCCCCCCCCCCCCCC(=O)OC1C(OCC(NC(=O)C(O)CCCCCCCCCCCCCC)C(O)/C=C/CCCCCCCCCCC)OC(CO)C(O)C1O. The zero-order valence-corrected chi connectivity index (χ0v) is 51.5. The molecule has 11 nitrogen and oxygen atoms in total. The molecule has 0 saturated carbocycles. The van der Waals surface area contributed by atoms with Gasteiger partial charge in [-0.2, -0.15) is 0 Å². The minimum atomic E-state index is -1.61. The molecule has 6 N–H and O–H groups in total. The molecule has 1 fully saturated rings. The molecule has 1 aliphatic rings. The van der Waals surface area contributed by atoms with Gasteiger partial charge in [-0.15, -0.1) is 0 Å². The van der Waals surface area contributed by atoms with Crippen molar-refractivity contribution < 1.29 is 49.3 Å². The van der Waals surface area contributed by atoms with E-state index in [0.717, 1.165) is 64.2 Å². The average Bonchev–Trinajstić information content (AvgIpc) is 3.47. The van der Waals surface area contributed by atoms with E-state index < -0.39 is 67.4 Å². The molecule has 1 aliphatic heterocycles. The lowest BCUT2D eigenvalue weighted by atomic mass is 9.99. The van der Waals surface area contributed by atoms with Crippen molar-refractivity contribution in [3.8, 4) is 0 Å². The second kappa shape index (κ2) is 56.4. The number of carbonyl (C=O) groups is 2. The van der Waals surface area contributed by atoms with E-state index in [2.05, 4.69) is 50.4 Å². The first-order valence-corrected chi connectivity index (χ1v) is 33.8. The number of hydrogen-bond donors (Lipinski definition) is 6. The molecule has 0 spiro atoms. The summed E-state index contributed by atoms with van der Waals surface area (Å²) >= 11 is 0. The summed E-state index contributed by atoms with van der Waals surface area (Å²) < 4.78 is 17.7. The van der Waals surface area contributed by atoms with Crippen LogP contribution in [0.2, 0.25) is 0 Å². The number of nitrogens with one attached hydrogen (secondary N) is 1. The first-order valence-electron chi connectivity index (χ1n) is 33.8. The largest absolute Gasteiger partial charge is 0.454 e. The second-order valence-corrected chi connectivity index (χ2v) is 23.6. The van der Waals surface area contributed by atoms with E-state index in [9.17, 15) is 35.1 Å². The molecular formula is C68H127NO10. The van der Waals surface area contributed by atoms with Gasteiger partial charge in [0, 0.05) is 6.42 Å². The lowest BCUT2D eigenvalue weighted by molar-refractivity contribution is -0.305. The van der Waals surface area contributed by atoms with Gasteiger partial charge in [0.25, 0.3) is 0 Å². The zero-order valence-electron chi connectivity index (χ0n) is 51.5. The third kappa shape index (κ3) is 44.1. The number of allylic oxidation sites excluding steroid dienone is 5. The van der Waals surface area contributed by atoms with E-state index in [1.165, 1.54) is 212 Å². The molecule has 1 heterocycles. The van der Waals surface area contributed by atoms with Crippen LogP contribution in [0.3, 0.4) is 0 Å². The van der Waals surface area contributed by atoms with E-state index in [0.29, 0.717) is 19.3 Å². The number of rotatable bonds is 58. The molecule has 8 unspecified atom stereocenters. The van der Waals surface area contributed by atoms with Crippen molar-refractivity contribution in [2.24, 2.45) is 0 Å². The maximum atomic E-state index is 13.4. The van der Waals surface area contributed by atoms with E-state index in [1.807, 2.05) is 6.08 Å². The highest BCUT2D eigenvalue weighted by atomic mass is 16.7. The fourth-order valence-electron chi connectivity index (χ4n) is 10.7. The van der Waals surface area contributed by atoms with Crippen LogP contribution < -0.4 is 5.32 Å². The number of carbonyl (C=O) groups excluding carboxylic acids is 2. The van der Waals surface area contributed by atoms with E-state index in [1.54, 1.807) is 6.08 Å². The van der Waals surface area contributed by atoms with Crippen LogP contribution in [0.25, 0.3) is 0 Å². The van der Waals surface area contributed by atoms with Gasteiger partial charge < -0.3 is 45.1 Å². The molecule has 1 amide bonds. The summed E-state index contributed by atoms with van der Waals surface area (Å²) in [5, 5.41) is 57.0. The van der Waals surface area contributed by atoms with E-state index >= 15 is 0 Å². The summed E-state index contributed by atoms with van der Waals surface area (Å²) in [5.74, 6) is -1.18. The molecule has 0 radical (unpaired) electrons. The Labute approximate surface area is 485 Å². The van der Waals surface area contributed by atoms with Gasteiger partial charge in [0.05, 0.1) is 25.4 Å². The topological polar surface area (TPSA) is 175 Å². The molecule has 0 aromatic rings. The minimum absolute atomic E-state index is 0.128. The number of unbranched alkanes of at least 4 members (excludes halogenated alkanes) is 40. The summed E-state index contributed by atoms with van der Waals surface area (Å²) in [6.07, 6.45) is 57.7. The Balaban J connectivity index is 2.50. The van der Waals surface area contributed by atoms with Gasteiger partial charge in [0.1, 0.15) is 24.4 Å². The summed E-state index contributed by atoms with van der Waals surface area (Å²) in [4.78, 5) is 26.6. The van der Waals surface area contributed by atoms with Crippen LogP contribution in [0.1, 0.15) is 323 Å². The Morgan fingerprint density at radius 1 is 0.494 bits per heavy atom. The van der Waals surface area contributed by atoms with Gasteiger partial charge in [0.15, 0.2) is 12.4 Å². The molecule has 0 aromatic carbocycles. The molecule has 8 atom stereocenters. The van der Waals surface area contributed by atoms with Crippen molar-refractivity contribution in [1.29, 1.82) is 0 Å². The zero-order chi connectivity index (χ0) is 57.5. The minimum Gasteiger partial charge on any atom is -0.454 e. The lowest BCUT2D eigenvalue weighted by Gasteiger charge is -2.41. The van der Waals surface area contributed by atoms with Crippen LogP contribution in [0, 0.1) is 0 Å². The lowest BCUT2D eigenvalue weighted by Crippen LogP contribution is -2.61. The normalized spacial score (nSPS) is 19.0. The molecular weight excluding hydrogens is 991 g/mol. The van der Waals surface area contributed by atoms with Crippen molar-refractivity contribution in [3.05, 3.63) is 36.5 Å². The van der Waals surface area contributed by atoms with E-state index in [-0.39, 0.29) is 13.0 Å². The average molecular weight is 1120 g/mol. The van der Waals surface area contributed by atoms with Crippen LogP contribution in [0.15, 0.2) is 36.5 Å². The highest BCUT2D eigenvalue weighted by Gasteiger charge is 2.47. The molecule has 79 heavy (non-hydrogen) atoms. The molecule has 0 aliphatic carbocycles. The second-order valence-electron chi connectivity index (χ2n) is 23.6.